The number of nitrogens with zero attached hydrogens (tertiary/aromatic N) is 1. The molecule has 0 unspecified atom stereocenters. The van der Waals surface area contributed by atoms with Crippen LogP contribution in [0.5, 0.6) is 5.75 Å². The van der Waals surface area contributed by atoms with Crippen molar-refractivity contribution in [3.63, 3.8) is 0 Å². The normalized spacial score (nSPS) is 16.3. The fourth-order valence-corrected chi connectivity index (χ4v) is 2.95. The molecular weight excluding hydrogens is 326 g/mol. The van der Waals surface area contributed by atoms with Gasteiger partial charge in [-0.15, -0.1) is 12.4 Å². The van der Waals surface area contributed by atoms with Crippen molar-refractivity contribution in [1.29, 1.82) is 0 Å². The van der Waals surface area contributed by atoms with Crippen molar-refractivity contribution >= 4 is 24.0 Å². The lowest BCUT2D eigenvalue weighted by Gasteiger charge is -2.31. The van der Waals surface area contributed by atoms with E-state index in [0.717, 1.165) is 32.1 Å². The van der Waals surface area contributed by atoms with E-state index >= 15 is 0 Å². The maximum atomic E-state index is 12.9. The van der Waals surface area contributed by atoms with Gasteiger partial charge in [-0.25, -0.2) is 4.39 Å². The predicted octanol–water partition coefficient (Wildman–Crippen LogP) is 3.60. The Morgan fingerprint density at radius 3 is 2.73 bits per heavy atom. The fourth-order valence-electron chi connectivity index (χ4n) is 2.72. The predicted molar refractivity (Wildman–Crippen MR) is 91.9 cm³/mol. The minimum absolute atomic E-state index is 0. The molecule has 1 fully saturated rings. The Labute approximate surface area is 143 Å². The standard InChI is InChI=1S/C16H24ClFN2O.ClH/c1-19-7-4-13-5-8-20(9-6-13)10-11-21-16-3-2-14(18)12-15(16)17;/h2-3,12-13,19H,4-11H2,1H3;1H. The molecule has 0 saturated carbocycles. The van der Waals surface area contributed by atoms with E-state index in [4.69, 9.17) is 16.3 Å². The first-order valence-electron chi connectivity index (χ1n) is 7.64. The quantitative estimate of drug-likeness (QED) is 0.812. The first kappa shape index (κ1) is 19.5. The number of piperidine rings is 1. The van der Waals surface area contributed by atoms with Crippen molar-refractivity contribution in [2.75, 3.05) is 39.8 Å². The summed E-state index contributed by atoms with van der Waals surface area (Å²) in [5.41, 5.74) is 0. The van der Waals surface area contributed by atoms with Gasteiger partial charge in [-0.3, -0.25) is 4.90 Å². The summed E-state index contributed by atoms with van der Waals surface area (Å²) in [4.78, 5) is 2.42. The van der Waals surface area contributed by atoms with E-state index in [1.54, 1.807) is 6.07 Å². The van der Waals surface area contributed by atoms with Gasteiger partial charge >= 0.3 is 0 Å². The number of ether oxygens (including phenoxy) is 1. The lowest BCUT2D eigenvalue weighted by Crippen LogP contribution is -2.37. The van der Waals surface area contributed by atoms with Crippen LogP contribution in [-0.2, 0) is 0 Å². The van der Waals surface area contributed by atoms with E-state index in [-0.39, 0.29) is 18.2 Å². The van der Waals surface area contributed by atoms with E-state index in [2.05, 4.69) is 10.2 Å². The van der Waals surface area contributed by atoms with Gasteiger partial charge in [0.2, 0.25) is 0 Å². The fraction of sp³-hybridized carbons (Fsp3) is 0.625. The van der Waals surface area contributed by atoms with Crippen molar-refractivity contribution in [2.24, 2.45) is 5.92 Å². The Kier molecular flexibility index (Phi) is 9.10. The number of benzene rings is 1. The maximum absolute atomic E-state index is 12.9. The monoisotopic (exact) mass is 350 g/mol. The van der Waals surface area contributed by atoms with Crippen LogP contribution in [0.2, 0.25) is 5.02 Å². The Bertz CT molecular complexity index is 440. The lowest BCUT2D eigenvalue weighted by atomic mass is 9.93. The van der Waals surface area contributed by atoms with E-state index in [1.807, 2.05) is 7.05 Å². The van der Waals surface area contributed by atoms with Gasteiger partial charge in [0, 0.05) is 6.54 Å². The summed E-state index contributed by atoms with van der Waals surface area (Å²) in [7, 11) is 2.01. The van der Waals surface area contributed by atoms with Crippen LogP contribution >= 0.6 is 24.0 Å². The Hall–Kier alpha value is -0.550. The highest BCUT2D eigenvalue weighted by molar-refractivity contribution is 6.32. The zero-order chi connectivity index (χ0) is 15.1. The second-order valence-electron chi connectivity index (χ2n) is 5.60. The maximum Gasteiger partial charge on any atom is 0.138 e. The van der Waals surface area contributed by atoms with Crippen LogP contribution in [0.4, 0.5) is 4.39 Å². The first-order valence-corrected chi connectivity index (χ1v) is 8.01. The highest BCUT2D eigenvalue weighted by atomic mass is 35.5. The lowest BCUT2D eigenvalue weighted by molar-refractivity contribution is 0.151. The van der Waals surface area contributed by atoms with Gasteiger partial charge in [0.25, 0.3) is 0 Å². The topological polar surface area (TPSA) is 24.5 Å². The molecule has 1 aliphatic rings. The number of likely N-dealkylation sites (tertiary alicyclic amines) is 1. The molecule has 126 valence electrons. The molecule has 1 saturated heterocycles. The molecule has 1 aromatic carbocycles. The number of hydrogen-bond donors (Lipinski definition) is 1. The Morgan fingerprint density at radius 1 is 1.36 bits per heavy atom. The van der Waals surface area contributed by atoms with Gasteiger partial charge in [-0.1, -0.05) is 11.6 Å². The molecular formula is C16H25Cl2FN2O. The molecule has 0 radical (unpaired) electrons. The molecule has 22 heavy (non-hydrogen) atoms. The second-order valence-corrected chi connectivity index (χ2v) is 6.01. The highest BCUT2D eigenvalue weighted by Crippen LogP contribution is 2.25. The van der Waals surface area contributed by atoms with Gasteiger partial charge in [-0.05, 0) is 70.1 Å². The second kappa shape index (κ2) is 10.3. The SMILES string of the molecule is CNCCC1CCN(CCOc2ccc(F)cc2Cl)CC1.Cl. The van der Waals surface area contributed by atoms with Gasteiger partial charge < -0.3 is 10.1 Å². The Morgan fingerprint density at radius 2 is 2.09 bits per heavy atom. The summed E-state index contributed by atoms with van der Waals surface area (Å²) < 4.78 is 18.6. The number of nitrogens with one attached hydrogen (secondary N) is 1. The average Bonchev–Trinajstić information content (AvgIpc) is 2.48. The number of halogens is 3. The third-order valence-corrected chi connectivity index (χ3v) is 4.36. The molecule has 1 aromatic rings. The molecule has 1 aliphatic heterocycles. The summed E-state index contributed by atoms with van der Waals surface area (Å²) in [6.07, 6.45) is 3.80. The van der Waals surface area contributed by atoms with Gasteiger partial charge in [0.05, 0.1) is 5.02 Å². The minimum Gasteiger partial charge on any atom is -0.491 e. The third-order valence-electron chi connectivity index (χ3n) is 4.07. The molecule has 0 amide bonds. The molecule has 2 rings (SSSR count). The van der Waals surface area contributed by atoms with Crippen LogP contribution in [0, 0.1) is 11.7 Å². The summed E-state index contributed by atoms with van der Waals surface area (Å²) in [5, 5.41) is 3.55. The molecule has 0 atom stereocenters. The highest BCUT2D eigenvalue weighted by Gasteiger charge is 2.18. The van der Waals surface area contributed by atoms with E-state index in [1.165, 1.54) is 31.4 Å². The van der Waals surface area contributed by atoms with Crippen LogP contribution in [0.1, 0.15) is 19.3 Å². The molecule has 6 heteroatoms. The molecule has 0 bridgehead atoms. The molecule has 0 spiro atoms. The van der Waals surface area contributed by atoms with Crippen molar-refractivity contribution < 1.29 is 9.13 Å². The molecule has 0 aliphatic carbocycles. The summed E-state index contributed by atoms with van der Waals surface area (Å²) >= 11 is 5.93. The van der Waals surface area contributed by atoms with Gasteiger partial charge in [0.15, 0.2) is 0 Å². The van der Waals surface area contributed by atoms with Crippen molar-refractivity contribution in [3.05, 3.63) is 29.0 Å². The number of rotatable bonds is 7. The van der Waals surface area contributed by atoms with Crippen LogP contribution in [-0.4, -0.2) is 44.7 Å². The zero-order valence-electron chi connectivity index (χ0n) is 13.0. The van der Waals surface area contributed by atoms with Crippen molar-refractivity contribution in [1.82, 2.24) is 10.2 Å². The van der Waals surface area contributed by atoms with E-state index in [0.29, 0.717) is 17.4 Å². The molecule has 3 nitrogen and oxygen atoms in total. The van der Waals surface area contributed by atoms with E-state index < -0.39 is 0 Å². The van der Waals surface area contributed by atoms with Crippen LogP contribution < -0.4 is 10.1 Å². The van der Waals surface area contributed by atoms with Crippen LogP contribution in [0.3, 0.4) is 0 Å². The number of hydrogen-bond acceptors (Lipinski definition) is 3. The molecule has 0 aromatic heterocycles. The largest absolute Gasteiger partial charge is 0.491 e. The summed E-state index contributed by atoms with van der Waals surface area (Å²) in [5.74, 6) is 1.07. The van der Waals surface area contributed by atoms with Crippen LogP contribution in [0.15, 0.2) is 18.2 Å². The Balaban J connectivity index is 0.00000242. The minimum atomic E-state index is -0.337. The summed E-state index contributed by atoms with van der Waals surface area (Å²) in [6.45, 7) is 4.86. The molecule has 1 heterocycles. The van der Waals surface area contributed by atoms with Gasteiger partial charge in [-0.2, -0.15) is 0 Å². The van der Waals surface area contributed by atoms with Crippen molar-refractivity contribution in [3.8, 4) is 5.75 Å². The zero-order valence-corrected chi connectivity index (χ0v) is 14.6. The first-order chi connectivity index (χ1) is 10.2. The summed E-state index contributed by atoms with van der Waals surface area (Å²) in [6, 6.07) is 4.24. The average molecular weight is 351 g/mol. The smallest absolute Gasteiger partial charge is 0.138 e. The van der Waals surface area contributed by atoms with Gasteiger partial charge in [0.1, 0.15) is 18.2 Å². The van der Waals surface area contributed by atoms with Crippen LogP contribution in [0.25, 0.3) is 0 Å². The van der Waals surface area contributed by atoms with E-state index in [9.17, 15) is 4.39 Å². The third kappa shape index (κ3) is 6.29. The molecule has 1 N–H and O–H groups in total. The van der Waals surface area contributed by atoms with Crippen molar-refractivity contribution in [2.45, 2.75) is 19.3 Å².